The Kier molecular flexibility index (Phi) is 3.54. The minimum absolute atomic E-state index is 0.0919. The van der Waals surface area contributed by atoms with Gasteiger partial charge >= 0.3 is 0 Å². The van der Waals surface area contributed by atoms with Crippen LogP contribution in [0.15, 0.2) is 29.1 Å². The van der Waals surface area contributed by atoms with Gasteiger partial charge in [0.1, 0.15) is 5.69 Å². The van der Waals surface area contributed by atoms with Crippen LogP contribution >= 0.6 is 0 Å². The van der Waals surface area contributed by atoms with Gasteiger partial charge in [0.15, 0.2) is 0 Å². The highest BCUT2D eigenvalue weighted by atomic mass is 16.1. The molecule has 0 radical (unpaired) electrons. The number of hydrogen-bond acceptors (Lipinski definition) is 4. The number of aromatic amines is 1. The number of piperidine rings is 1. The summed E-state index contributed by atoms with van der Waals surface area (Å²) in [5.74, 6) is 0. The van der Waals surface area contributed by atoms with Gasteiger partial charge in [-0.05, 0) is 31.9 Å². The zero-order valence-electron chi connectivity index (χ0n) is 11.7. The van der Waals surface area contributed by atoms with Crippen LogP contribution < -0.4 is 11.3 Å². The number of nitrogens with zero attached hydrogens (tertiary/aromatic N) is 2. The van der Waals surface area contributed by atoms with E-state index in [1.807, 2.05) is 24.3 Å². The second-order valence-corrected chi connectivity index (χ2v) is 5.63. The fraction of sp³-hybridized carbons (Fsp3) is 0.467. The van der Waals surface area contributed by atoms with E-state index in [1.54, 1.807) is 0 Å². The van der Waals surface area contributed by atoms with Crippen molar-refractivity contribution < 1.29 is 0 Å². The van der Waals surface area contributed by atoms with Crippen molar-refractivity contribution in [2.24, 2.45) is 5.73 Å². The summed E-state index contributed by atoms with van der Waals surface area (Å²) in [5.41, 5.74) is 8.10. The molecular formula is C15H20N4O. The monoisotopic (exact) mass is 272 g/mol. The van der Waals surface area contributed by atoms with E-state index in [4.69, 9.17) is 5.73 Å². The van der Waals surface area contributed by atoms with Crippen LogP contribution in [0.4, 0.5) is 0 Å². The second kappa shape index (κ2) is 5.34. The van der Waals surface area contributed by atoms with Gasteiger partial charge in [0.05, 0.1) is 11.0 Å². The highest BCUT2D eigenvalue weighted by Crippen LogP contribution is 2.17. The van der Waals surface area contributed by atoms with Gasteiger partial charge in [-0.25, -0.2) is 4.98 Å². The number of benzene rings is 1. The lowest BCUT2D eigenvalue weighted by Crippen LogP contribution is -2.45. The van der Waals surface area contributed by atoms with Crippen molar-refractivity contribution in [3.63, 3.8) is 0 Å². The fourth-order valence-corrected chi connectivity index (χ4v) is 2.86. The molecule has 2 unspecified atom stereocenters. The molecule has 1 aliphatic heterocycles. The first-order valence-corrected chi connectivity index (χ1v) is 7.11. The smallest absolute Gasteiger partial charge is 0.271 e. The maximum absolute atomic E-state index is 12.1. The Morgan fingerprint density at radius 3 is 3.05 bits per heavy atom. The van der Waals surface area contributed by atoms with Gasteiger partial charge in [0.25, 0.3) is 5.56 Å². The SMILES string of the molecule is CC1CC(N)CCN1Cc1nc2ccccc2[nH]c1=O. The van der Waals surface area contributed by atoms with Crippen LogP contribution in [0, 0.1) is 0 Å². The molecule has 5 nitrogen and oxygen atoms in total. The zero-order chi connectivity index (χ0) is 14.1. The lowest BCUT2D eigenvalue weighted by atomic mass is 9.99. The number of rotatable bonds is 2. The summed E-state index contributed by atoms with van der Waals surface area (Å²) in [5, 5.41) is 0. The number of likely N-dealkylation sites (tertiary alicyclic amines) is 1. The van der Waals surface area contributed by atoms with E-state index in [0.29, 0.717) is 18.3 Å². The predicted molar refractivity (Wildman–Crippen MR) is 79.4 cm³/mol. The molecule has 3 N–H and O–H groups in total. The van der Waals surface area contributed by atoms with Crippen molar-refractivity contribution in [1.29, 1.82) is 0 Å². The first kappa shape index (κ1) is 13.3. The Labute approximate surface area is 117 Å². The van der Waals surface area contributed by atoms with Gasteiger partial charge in [0.2, 0.25) is 0 Å². The molecule has 0 spiro atoms. The molecule has 1 saturated heterocycles. The molecule has 1 aromatic carbocycles. The number of H-pyrrole nitrogens is 1. The Balaban J connectivity index is 1.87. The maximum atomic E-state index is 12.1. The van der Waals surface area contributed by atoms with Crippen LogP contribution in [0.1, 0.15) is 25.5 Å². The number of hydrogen-bond donors (Lipinski definition) is 2. The van der Waals surface area contributed by atoms with Crippen molar-refractivity contribution in [3.8, 4) is 0 Å². The summed E-state index contributed by atoms with van der Waals surface area (Å²) in [6, 6.07) is 8.30. The van der Waals surface area contributed by atoms with Gasteiger partial charge in [0, 0.05) is 25.2 Å². The molecule has 0 amide bonds. The summed E-state index contributed by atoms with van der Waals surface area (Å²) >= 11 is 0. The second-order valence-electron chi connectivity index (χ2n) is 5.63. The Morgan fingerprint density at radius 1 is 1.45 bits per heavy atom. The van der Waals surface area contributed by atoms with E-state index in [1.165, 1.54) is 0 Å². The van der Waals surface area contributed by atoms with Crippen molar-refractivity contribution in [1.82, 2.24) is 14.9 Å². The molecule has 1 aromatic heterocycles. The first-order chi connectivity index (χ1) is 9.63. The van der Waals surface area contributed by atoms with Crippen LogP contribution in [-0.2, 0) is 6.54 Å². The molecule has 106 valence electrons. The molecule has 1 aliphatic rings. The van der Waals surface area contributed by atoms with Crippen LogP contribution in [0.3, 0.4) is 0 Å². The van der Waals surface area contributed by atoms with E-state index in [9.17, 15) is 4.79 Å². The average Bonchev–Trinajstić information content (AvgIpc) is 2.42. The van der Waals surface area contributed by atoms with Crippen LogP contribution in [-0.4, -0.2) is 33.5 Å². The summed E-state index contributed by atoms with van der Waals surface area (Å²) < 4.78 is 0. The van der Waals surface area contributed by atoms with Crippen molar-refractivity contribution in [3.05, 3.63) is 40.3 Å². The normalized spacial score (nSPS) is 24.1. The quantitative estimate of drug-likeness (QED) is 0.862. The topological polar surface area (TPSA) is 75.0 Å². The first-order valence-electron chi connectivity index (χ1n) is 7.11. The molecule has 0 bridgehead atoms. The highest BCUT2D eigenvalue weighted by Gasteiger charge is 2.24. The standard InChI is InChI=1S/C15H20N4O/c1-10-8-11(16)6-7-19(10)9-14-15(20)18-13-5-3-2-4-12(13)17-14/h2-5,10-11H,6-9,16H2,1H3,(H,18,20). The van der Waals surface area contributed by atoms with Gasteiger partial charge < -0.3 is 10.7 Å². The molecule has 1 fully saturated rings. The number of fused-ring (bicyclic) bond motifs is 1. The summed E-state index contributed by atoms with van der Waals surface area (Å²) in [6.07, 6.45) is 1.96. The van der Waals surface area contributed by atoms with Crippen molar-refractivity contribution >= 4 is 11.0 Å². The lowest BCUT2D eigenvalue weighted by Gasteiger charge is -2.35. The molecular weight excluding hydrogens is 252 g/mol. The third kappa shape index (κ3) is 2.59. The Bertz CT molecular complexity index is 666. The molecule has 0 aliphatic carbocycles. The van der Waals surface area contributed by atoms with Crippen molar-refractivity contribution in [2.45, 2.75) is 38.4 Å². The third-order valence-electron chi connectivity index (χ3n) is 4.08. The highest BCUT2D eigenvalue weighted by molar-refractivity contribution is 5.73. The minimum atomic E-state index is -0.0919. The molecule has 20 heavy (non-hydrogen) atoms. The number of para-hydroxylation sites is 2. The molecule has 2 heterocycles. The van der Waals surface area contributed by atoms with Gasteiger partial charge in [-0.15, -0.1) is 0 Å². The van der Waals surface area contributed by atoms with Crippen LogP contribution in [0.25, 0.3) is 11.0 Å². The molecule has 5 heteroatoms. The summed E-state index contributed by atoms with van der Waals surface area (Å²) in [6.45, 7) is 3.68. The Hall–Kier alpha value is -1.72. The van der Waals surface area contributed by atoms with Gasteiger partial charge in [-0.2, -0.15) is 0 Å². The number of nitrogens with two attached hydrogens (primary N) is 1. The molecule has 2 aromatic rings. The Morgan fingerprint density at radius 2 is 2.25 bits per heavy atom. The van der Waals surface area contributed by atoms with E-state index >= 15 is 0 Å². The third-order valence-corrected chi connectivity index (χ3v) is 4.08. The van der Waals surface area contributed by atoms with Gasteiger partial charge in [-0.3, -0.25) is 9.69 Å². The fourth-order valence-electron chi connectivity index (χ4n) is 2.86. The summed E-state index contributed by atoms with van der Waals surface area (Å²) in [4.78, 5) is 21.8. The van der Waals surface area contributed by atoms with Crippen LogP contribution in [0.2, 0.25) is 0 Å². The van der Waals surface area contributed by atoms with E-state index in [-0.39, 0.29) is 11.6 Å². The maximum Gasteiger partial charge on any atom is 0.271 e. The zero-order valence-corrected chi connectivity index (χ0v) is 11.7. The van der Waals surface area contributed by atoms with Crippen molar-refractivity contribution in [2.75, 3.05) is 6.54 Å². The number of nitrogens with one attached hydrogen (secondary N) is 1. The molecule has 2 atom stereocenters. The lowest BCUT2D eigenvalue weighted by molar-refractivity contribution is 0.138. The molecule has 3 rings (SSSR count). The largest absolute Gasteiger partial charge is 0.328 e. The predicted octanol–water partition coefficient (Wildman–Crippen LogP) is 1.23. The van der Waals surface area contributed by atoms with Crippen LogP contribution in [0.5, 0.6) is 0 Å². The molecule has 0 saturated carbocycles. The summed E-state index contributed by atoms with van der Waals surface area (Å²) in [7, 11) is 0. The number of aromatic nitrogens is 2. The van der Waals surface area contributed by atoms with Gasteiger partial charge in [-0.1, -0.05) is 12.1 Å². The van der Waals surface area contributed by atoms with E-state index < -0.39 is 0 Å². The van der Waals surface area contributed by atoms with E-state index in [2.05, 4.69) is 21.8 Å². The minimum Gasteiger partial charge on any atom is -0.328 e. The average molecular weight is 272 g/mol. The van der Waals surface area contributed by atoms with E-state index in [0.717, 1.165) is 30.4 Å².